The summed E-state index contributed by atoms with van der Waals surface area (Å²) in [5, 5.41) is 7.06. The van der Waals surface area contributed by atoms with Crippen molar-refractivity contribution in [3.8, 4) is 0 Å². The van der Waals surface area contributed by atoms with E-state index in [9.17, 15) is 4.79 Å². The van der Waals surface area contributed by atoms with E-state index >= 15 is 0 Å². The molecule has 3 rings (SSSR count). The van der Waals surface area contributed by atoms with Crippen LogP contribution in [0.25, 0.3) is 0 Å². The van der Waals surface area contributed by atoms with Gasteiger partial charge in [0.1, 0.15) is 5.82 Å². The fourth-order valence-corrected chi connectivity index (χ4v) is 2.53. The van der Waals surface area contributed by atoms with Crippen molar-refractivity contribution in [2.24, 2.45) is 0 Å². The molecule has 0 radical (unpaired) electrons. The van der Waals surface area contributed by atoms with Crippen LogP contribution >= 0.6 is 0 Å². The lowest BCUT2D eigenvalue weighted by molar-refractivity contribution is 0.183. The summed E-state index contributed by atoms with van der Waals surface area (Å²) in [6.07, 6.45) is 8.51. The largest absolute Gasteiger partial charge is 0.383 e. The van der Waals surface area contributed by atoms with E-state index in [0.717, 1.165) is 18.9 Å². The topological polar surface area (TPSA) is 88.4 Å². The van der Waals surface area contributed by atoms with Crippen molar-refractivity contribution in [1.82, 2.24) is 24.6 Å². The fraction of sp³-hybridized carbons (Fsp3) is 0.467. The van der Waals surface area contributed by atoms with Gasteiger partial charge in [0, 0.05) is 51.9 Å². The van der Waals surface area contributed by atoms with E-state index in [1.807, 2.05) is 0 Å². The molecule has 0 atom stereocenters. The van der Waals surface area contributed by atoms with E-state index in [4.69, 9.17) is 4.74 Å². The summed E-state index contributed by atoms with van der Waals surface area (Å²) in [6.45, 7) is 3.99. The van der Waals surface area contributed by atoms with Gasteiger partial charge in [0.2, 0.25) is 0 Å². The van der Waals surface area contributed by atoms with Crippen LogP contribution in [0.4, 0.5) is 16.3 Å². The van der Waals surface area contributed by atoms with E-state index in [0.29, 0.717) is 31.9 Å². The number of methoxy groups -OCH3 is 1. The Morgan fingerprint density at radius 2 is 2.08 bits per heavy atom. The summed E-state index contributed by atoms with van der Waals surface area (Å²) < 4.78 is 6.75. The molecule has 3 heterocycles. The number of anilines is 2. The highest BCUT2D eigenvalue weighted by atomic mass is 16.5. The number of amides is 2. The smallest absolute Gasteiger partial charge is 0.322 e. The number of hydrogen-bond donors (Lipinski definition) is 1. The molecule has 0 bridgehead atoms. The number of urea groups is 1. The molecule has 1 aliphatic heterocycles. The molecule has 0 aromatic carbocycles. The summed E-state index contributed by atoms with van der Waals surface area (Å²) in [4.78, 5) is 24.6. The lowest BCUT2D eigenvalue weighted by Crippen LogP contribution is -2.50. The molecule has 1 fully saturated rings. The lowest BCUT2D eigenvalue weighted by Gasteiger charge is -2.35. The molecule has 0 spiro atoms. The maximum absolute atomic E-state index is 12.3. The Labute approximate surface area is 140 Å². The third kappa shape index (κ3) is 3.99. The number of ether oxygens (including phenoxy) is 1. The van der Waals surface area contributed by atoms with Crippen LogP contribution in [0.15, 0.2) is 31.0 Å². The molecule has 0 saturated carbocycles. The van der Waals surface area contributed by atoms with Crippen LogP contribution in [-0.4, -0.2) is 70.6 Å². The molecule has 2 aromatic heterocycles. The van der Waals surface area contributed by atoms with Gasteiger partial charge in [-0.3, -0.25) is 9.67 Å². The molecule has 2 aromatic rings. The van der Waals surface area contributed by atoms with Gasteiger partial charge >= 0.3 is 6.03 Å². The first-order chi connectivity index (χ1) is 11.8. The number of hydrogen-bond acceptors (Lipinski definition) is 6. The van der Waals surface area contributed by atoms with E-state index in [1.54, 1.807) is 47.7 Å². The standard InChI is InChI=1S/C15H21N7O2/c1-24-9-8-22-12-13(10-18-22)19-15(23)21-6-4-20(5-7-21)14-11-16-2-3-17-14/h2-3,10-12H,4-9H2,1H3,(H,19,23). The average molecular weight is 331 g/mol. The summed E-state index contributed by atoms with van der Waals surface area (Å²) >= 11 is 0. The first kappa shape index (κ1) is 16.2. The molecular formula is C15H21N7O2. The van der Waals surface area contributed by atoms with Gasteiger partial charge in [0.25, 0.3) is 0 Å². The van der Waals surface area contributed by atoms with E-state index in [-0.39, 0.29) is 6.03 Å². The predicted octanol–water partition coefficient (Wildman–Crippen LogP) is 0.674. The van der Waals surface area contributed by atoms with Crippen LogP contribution in [-0.2, 0) is 11.3 Å². The second-order valence-corrected chi connectivity index (χ2v) is 5.45. The van der Waals surface area contributed by atoms with Gasteiger partial charge in [-0.15, -0.1) is 0 Å². The van der Waals surface area contributed by atoms with Crippen molar-refractivity contribution in [3.05, 3.63) is 31.0 Å². The summed E-state index contributed by atoms with van der Waals surface area (Å²) in [5.74, 6) is 0.844. The first-order valence-corrected chi connectivity index (χ1v) is 7.84. The van der Waals surface area contributed by atoms with Crippen molar-refractivity contribution in [3.63, 3.8) is 0 Å². The Morgan fingerprint density at radius 3 is 2.79 bits per heavy atom. The number of carbonyl (C=O) groups excluding carboxylic acids is 1. The first-order valence-electron chi connectivity index (χ1n) is 7.84. The van der Waals surface area contributed by atoms with Gasteiger partial charge in [0.05, 0.1) is 31.2 Å². The molecule has 9 nitrogen and oxygen atoms in total. The molecular weight excluding hydrogens is 310 g/mol. The predicted molar refractivity (Wildman–Crippen MR) is 88.9 cm³/mol. The highest BCUT2D eigenvalue weighted by Crippen LogP contribution is 2.13. The third-order valence-corrected chi connectivity index (χ3v) is 3.85. The van der Waals surface area contributed by atoms with Crippen LogP contribution in [0, 0.1) is 0 Å². The van der Waals surface area contributed by atoms with Gasteiger partial charge in [0.15, 0.2) is 0 Å². The Bertz CT molecular complexity index is 653. The molecule has 1 aliphatic rings. The summed E-state index contributed by atoms with van der Waals surface area (Å²) in [6, 6.07) is -0.111. The molecule has 0 aliphatic carbocycles. The number of carbonyl (C=O) groups is 1. The number of nitrogens with one attached hydrogen (secondary N) is 1. The minimum atomic E-state index is -0.111. The van der Waals surface area contributed by atoms with Crippen molar-refractivity contribution >= 4 is 17.5 Å². The maximum Gasteiger partial charge on any atom is 0.322 e. The zero-order valence-corrected chi connectivity index (χ0v) is 13.6. The Hall–Kier alpha value is -2.68. The molecule has 9 heteroatoms. The quantitative estimate of drug-likeness (QED) is 0.866. The van der Waals surface area contributed by atoms with Gasteiger partial charge < -0.3 is 19.9 Å². The Morgan fingerprint density at radius 1 is 1.25 bits per heavy atom. The maximum atomic E-state index is 12.3. The summed E-state index contributed by atoms with van der Waals surface area (Å²) in [7, 11) is 1.65. The van der Waals surface area contributed by atoms with Gasteiger partial charge in [-0.05, 0) is 0 Å². The van der Waals surface area contributed by atoms with E-state index in [2.05, 4.69) is 25.3 Å². The van der Waals surface area contributed by atoms with E-state index in [1.165, 1.54) is 0 Å². The minimum absolute atomic E-state index is 0.111. The third-order valence-electron chi connectivity index (χ3n) is 3.85. The number of aromatic nitrogens is 4. The molecule has 128 valence electrons. The monoisotopic (exact) mass is 331 g/mol. The van der Waals surface area contributed by atoms with Crippen LogP contribution in [0.3, 0.4) is 0 Å². The fourth-order valence-electron chi connectivity index (χ4n) is 2.53. The average Bonchev–Trinajstić information content (AvgIpc) is 3.08. The second kappa shape index (κ2) is 7.73. The van der Waals surface area contributed by atoms with Gasteiger partial charge in [-0.25, -0.2) is 9.78 Å². The molecule has 1 N–H and O–H groups in total. The highest BCUT2D eigenvalue weighted by Gasteiger charge is 2.22. The minimum Gasteiger partial charge on any atom is -0.383 e. The molecule has 2 amide bonds. The van der Waals surface area contributed by atoms with Gasteiger partial charge in [-0.1, -0.05) is 0 Å². The van der Waals surface area contributed by atoms with Gasteiger partial charge in [-0.2, -0.15) is 5.10 Å². The number of nitrogens with zero attached hydrogens (tertiary/aromatic N) is 6. The Balaban J connectivity index is 1.49. The van der Waals surface area contributed by atoms with Crippen molar-refractivity contribution in [1.29, 1.82) is 0 Å². The number of rotatable bonds is 5. The highest BCUT2D eigenvalue weighted by molar-refractivity contribution is 5.89. The normalized spacial score (nSPS) is 14.7. The van der Waals surface area contributed by atoms with Crippen molar-refractivity contribution in [2.45, 2.75) is 6.54 Å². The molecule has 1 saturated heterocycles. The zero-order chi connectivity index (χ0) is 16.8. The van der Waals surface area contributed by atoms with Crippen molar-refractivity contribution in [2.75, 3.05) is 50.1 Å². The van der Waals surface area contributed by atoms with Crippen LogP contribution < -0.4 is 10.2 Å². The van der Waals surface area contributed by atoms with E-state index < -0.39 is 0 Å². The number of piperazine rings is 1. The molecule has 24 heavy (non-hydrogen) atoms. The van der Waals surface area contributed by atoms with Crippen molar-refractivity contribution < 1.29 is 9.53 Å². The van der Waals surface area contributed by atoms with Crippen LogP contribution in [0.2, 0.25) is 0 Å². The summed E-state index contributed by atoms with van der Waals surface area (Å²) in [5.41, 5.74) is 0.687. The zero-order valence-electron chi connectivity index (χ0n) is 13.6. The lowest BCUT2D eigenvalue weighted by atomic mass is 10.3. The van der Waals surface area contributed by atoms with Crippen LogP contribution in [0.1, 0.15) is 0 Å². The second-order valence-electron chi connectivity index (χ2n) is 5.45. The Kier molecular flexibility index (Phi) is 5.22. The van der Waals surface area contributed by atoms with Crippen LogP contribution in [0.5, 0.6) is 0 Å². The SMILES string of the molecule is COCCn1cc(NC(=O)N2CCN(c3cnccn3)CC2)cn1. The molecule has 0 unspecified atom stereocenters.